The van der Waals surface area contributed by atoms with E-state index in [0.717, 1.165) is 37.1 Å². The Balaban J connectivity index is 1.81. The maximum atomic E-state index is 5.59. The van der Waals surface area contributed by atoms with E-state index in [1.54, 1.807) is 11.3 Å². The molecular formula is C10H17N3OS. The third-order valence-corrected chi connectivity index (χ3v) is 3.54. The lowest BCUT2D eigenvalue weighted by molar-refractivity contribution is 0.0372. The van der Waals surface area contributed by atoms with E-state index in [1.165, 1.54) is 4.88 Å². The van der Waals surface area contributed by atoms with Gasteiger partial charge in [0, 0.05) is 24.5 Å². The number of aromatic nitrogens is 1. The predicted molar refractivity (Wildman–Crippen MR) is 62.7 cm³/mol. The van der Waals surface area contributed by atoms with Crippen molar-refractivity contribution in [2.45, 2.75) is 20.0 Å². The number of nitrogens with one attached hydrogen (secondary N) is 2. The number of hydrogen-bond acceptors (Lipinski definition) is 5. The van der Waals surface area contributed by atoms with Crippen LogP contribution in [0.5, 0.6) is 0 Å². The molecule has 1 aliphatic rings. The van der Waals surface area contributed by atoms with Crippen LogP contribution >= 0.6 is 11.3 Å². The zero-order chi connectivity index (χ0) is 10.7. The largest absolute Gasteiger partial charge is 0.374 e. The first-order valence-corrected chi connectivity index (χ1v) is 6.07. The van der Waals surface area contributed by atoms with Crippen molar-refractivity contribution >= 4 is 16.5 Å². The minimum Gasteiger partial charge on any atom is -0.374 e. The molecule has 1 aromatic rings. The van der Waals surface area contributed by atoms with E-state index in [2.05, 4.69) is 22.5 Å². The lowest BCUT2D eigenvalue weighted by atomic mass is 10.3. The molecule has 0 saturated carbocycles. The molecule has 0 amide bonds. The molecule has 1 fully saturated rings. The van der Waals surface area contributed by atoms with E-state index in [9.17, 15) is 0 Å². The summed E-state index contributed by atoms with van der Waals surface area (Å²) in [6, 6.07) is 0. The fraction of sp³-hybridized carbons (Fsp3) is 0.700. The summed E-state index contributed by atoms with van der Waals surface area (Å²) < 4.78 is 5.59. The van der Waals surface area contributed by atoms with Crippen LogP contribution in [0, 0.1) is 13.8 Å². The maximum absolute atomic E-state index is 5.59. The topological polar surface area (TPSA) is 46.2 Å². The van der Waals surface area contributed by atoms with Gasteiger partial charge in [-0.25, -0.2) is 4.98 Å². The van der Waals surface area contributed by atoms with Crippen molar-refractivity contribution in [2.75, 3.05) is 31.6 Å². The average molecular weight is 227 g/mol. The Morgan fingerprint density at radius 1 is 1.60 bits per heavy atom. The molecule has 2 rings (SSSR count). The molecule has 1 aromatic heterocycles. The Hall–Kier alpha value is -0.650. The molecule has 0 radical (unpaired) electrons. The third kappa shape index (κ3) is 2.90. The smallest absolute Gasteiger partial charge is 0.183 e. The van der Waals surface area contributed by atoms with Gasteiger partial charge in [0.25, 0.3) is 0 Å². The molecule has 2 N–H and O–H groups in total. The van der Waals surface area contributed by atoms with Crippen LogP contribution in [-0.2, 0) is 4.74 Å². The highest BCUT2D eigenvalue weighted by Crippen LogP contribution is 2.20. The summed E-state index contributed by atoms with van der Waals surface area (Å²) in [4.78, 5) is 5.70. The van der Waals surface area contributed by atoms with Gasteiger partial charge in [0.1, 0.15) is 0 Å². The number of morpholine rings is 1. The number of anilines is 1. The van der Waals surface area contributed by atoms with Gasteiger partial charge in [0.15, 0.2) is 5.13 Å². The summed E-state index contributed by atoms with van der Waals surface area (Å²) in [5.74, 6) is 0. The number of thiazole rings is 1. The molecule has 4 nitrogen and oxygen atoms in total. The Kier molecular flexibility index (Phi) is 3.56. The Labute approximate surface area is 94.1 Å². The second-order valence-electron chi connectivity index (χ2n) is 3.74. The quantitative estimate of drug-likeness (QED) is 0.813. The first-order chi connectivity index (χ1) is 7.25. The number of aryl methyl sites for hydroxylation is 2. The zero-order valence-corrected chi connectivity index (χ0v) is 9.99. The highest BCUT2D eigenvalue weighted by atomic mass is 32.1. The van der Waals surface area contributed by atoms with Crippen molar-refractivity contribution in [1.29, 1.82) is 0 Å². The van der Waals surface area contributed by atoms with Gasteiger partial charge in [-0.15, -0.1) is 11.3 Å². The monoisotopic (exact) mass is 227 g/mol. The minimum absolute atomic E-state index is 0.267. The van der Waals surface area contributed by atoms with Gasteiger partial charge < -0.3 is 15.4 Å². The SMILES string of the molecule is Cc1nc(NCC2CNCCO2)sc1C. The molecular weight excluding hydrogens is 210 g/mol. The maximum Gasteiger partial charge on any atom is 0.183 e. The molecule has 84 valence electrons. The minimum atomic E-state index is 0.267. The normalized spacial score (nSPS) is 21.6. The standard InChI is InChI=1S/C10H17N3OS/c1-7-8(2)15-10(13-7)12-6-9-5-11-3-4-14-9/h9,11H,3-6H2,1-2H3,(H,12,13). The highest BCUT2D eigenvalue weighted by Gasteiger charge is 2.13. The molecule has 1 saturated heterocycles. The molecule has 0 aromatic carbocycles. The molecule has 1 unspecified atom stereocenters. The Morgan fingerprint density at radius 3 is 3.07 bits per heavy atom. The molecule has 1 aliphatic heterocycles. The summed E-state index contributed by atoms with van der Waals surface area (Å²) >= 11 is 1.70. The first-order valence-electron chi connectivity index (χ1n) is 5.26. The van der Waals surface area contributed by atoms with Crippen molar-refractivity contribution in [2.24, 2.45) is 0 Å². The van der Waals surface area contributed by atoms with E-state index in [-0.39, 0.29) is 6.10 Å². The van der Waals surface area contributed by atoms with Crippen molar-refractivity contribution < 1.29 is 4.74 Å². The van der Waals surface area contributed by atoms with Crippen LogP contribution < -0.4 is 10.6 Å². The lowest BCUT2D eigenvalue weighted by Gasteiger charge is -2.23. The lowest BCUT2D eigenvalue weighted by Crippen LogP contribution is -2.42. The summed E-state index contributed by atoms with van der Waals surface area (Å²) in [7, 11) is 0. The highest BCUT2D eigenvalue weighted by molar-refractivity contribution is 7.15. The van der Waals surface area contributed by atoms with E-state index in [4.69, 9.17) is 4.74 Å². The van der Waals surface area contributed by atoms with Gasteiger partial charge in [0.05, 0.1) is 18.4 Å². The van der Waals surface area contributed by atoms with Crippen LogP contribution in [-0.4, -0.2) is 37.3 Å². The van der Waals surface area contributed by atoms with Crippen LogP contribution in [0.25, 0.3) is 0 Å². The second-order valence-corrected chi connectivity index (χ2v) is 4.94. The fourth-order valence-electron chi connectivity index (χ4n) is 1.50. The van der Waals surface area contributed by atoms with Gasteiger partial charge >= 0.3 is 0 Å². The van der Waals surface area contributed by atoms with Gasteiger partial charge in [-0.1, -0.05) is 0 Å². The van der Waals surface area contributed by atoms with Crippen molar-refractivity contribution in [3.8, 4) is 0 Å². The van der Waals surface area contributed by atoms with Crippen LogP contribution in [0.4, 0.5) is 5.13 Å². The Morgan fingerprint density at radius 2 is 2.47 bits per heavy atom. The van der Waals surface area contributed by atoms with Crippen molar-refractivity contribution in [3.63, 3.8) is 0 Å². The molecule has 5 heteroatoms. The van der Waals surface area contributed by atoms with E-state index < -0.39 is 0 Å². The van der Waals surface area contributed by atoms with Gasteiger partial charge in [-0.05, 0) is 13.8 Å². The van der Waals surface area contributed by atoms with Crippen LogP contribution in [0.15, 0.2) is 0 Å². The summed E-state index contributed by atoms with van der Waals surface area (Å²) in [6.07, 6.45) is 0.267. The molecule has 0 aliphatic carbocycles. The van der Waals surface area contributed by atoms with Crippen molar-refractivity contribution in [1.82, 2.24) is 10.3 Å². The van der Waals surface area contributed by atoms with E-state index in [0.29, 0.717) is 0 Å². The first kappa shape index (κ1) is 10.9. The predicted octanol–water partition coefficient (Wildman–Crippen LogP) is 1.16. The van der Waals surface area contributed by atoms with Crippen molar-refractivity contribution in [3.05, 3.63) is 10.6 Å². The van der Waals surface area contributed by atoms with Crippen LogP contribution in [0.2, 0.25) is 0 Å². The van der Waals surface area contributed by atoms with E-state index in [1.807, 2.05) is 6.92 Å². The van der Waals surface area contributed by atoms with Gasteiger partial charge in [-0.3, -0.25) is 0 Å². The molecule has 0 bridgehead atoms. The van der Waals surface area contributed by atoms with Gasteiger partial charge in [0.2, 0.25) is 0 Å². The average Bonchev–Trinajstić information content (AvgIpc) is 2.57. The third-order valence-electron chi connectivity index (χ3n) is 2.51. The molecule has 2 heterocycles. The summed E-state index contributed by atoms with van der Waals surface area (Å²) in [6.45, 7) is 7.66. The number of rotatable bonds is 3. The summed E-state index contributed by atoms with van der Waals surface area (Å²) in [5, 5.41) is 7.62. The number of nitrogens with zero attached hydrogens (tertiary/aromatic N) is 1. The molecule has 1 atom stereocenters. The van der Waals surface area contributed by atoms with E-state index >= 15 is 0 Å². The van der Waals surface area contributed by atoms with Gasteiger partial charge in [-0.2, -0.15) is 0 Å². The molecule has 0 spiro atoms. The van der Waals surface area contributed by atoms with Crippen LogP contribution in [0.3, 0.4) is 0 Å². The second kappa shape index (κ2) is 4.92. The summed E-state index contributed by atoms with van der Waals surface area (Å²) in [5.41, 5.74) is 1.12. The fourth-order valence-corrected chi connectivity index (χ4v) is 2.32. The molecule has 15 heavy (non-hydrogen) atoms. The Bertz CT molecular complexity index is 301. The number of hydrogen-bond donors (Lipinski definition) is 2. The zero-order valence-electron chi connectivity index (χ0n) is 9.17. The number of ether oxygens (including phenoxy) is 1. The van der Waals surface area contributed by atoms with Crippen LogP contribution in [0.1, 0.15) is 10.6 Å².